The van der Waals surface area contributed by atoms with Crippen molar-refractivity contribution >= 4 is 11.6 Å². The van der Waals surface area contributed by atoms with Crippen molar-refractivity contribution in [2.45, 2.75) is 25.5 Å². The zero-order chi connectivity index (χ0) is 14.5. The average Bonchev–Trinajstić information content (AvgIpc) is 2.53. The van der Waals surface area contributed by atoms with E-state index in [0.717, 1.165) is 11.3 Å². The third-order valence-electron chi connectivity index (χ3n) is 3.67. The summed E-state index contributed by atoms with van der Waals surface area (Å²) in [5.41, 5.74) is 1.78. The molecule has 5 nitrogen and oxygen atoms in total. The van der Waals surface area contributed by atoms with Crippen LogP contribution in [0, 0.1) is 0 Å². The van der Waals surface area contributed by atoms with Crippen LogP contribution in [0.5, 0.6) is 0 Å². The molecule has 0 radical (unpaired) electrons. The van der Waals surface area contributed by atoms with Crippen LogP contribution in [-0.2, 0) is 9.53 Å². The molecule has 20 heavy (non-hydrogen) atoms. The maximum atomic E-state index is 12.0. The van der Waals surface area contributed by atoms with Gasteiger partial charge in [-0.1, -0.05) is 25.1 Å². The van der Waals surface area contributed by atoms with Crippen LogP contribution in [-0.4, -0.2) is 43.9 Å². The normalized spacial score (nSPS) is 20.6. The Kier molecular flexibility index (Phi) is 4.98. The first-order valence-corrected chi connectivity index (χ1v) is 7.02. The Labute approximate surface area is 119 Å². The van der Waals surface area contributed by atoms with E-state index < -0.39 is 6.10 Å². The van der Waals surface area contributed by atoms with Crippen molar-refractivity contribution in [1.82, 2.24) is 5.32 Å². The van der Waals surface area contributed by atoms with Crippen molar-refractivity contribution in [3.63, 3.8) is 0 Å². The van der Waals surface area contributed by atoms with Crippen LogP contribution in [0.15, 0.2) is 24.3 Å². The molecular formula is C15H22N2O3. The number of para-hydroxylation sites is 1. The molecule has 1 saturated heterocycles. The number of carbonyl (C=O) groups excluding carboxylic acids is 1. The van der Waals surface area contributed by atoms with Crippen molar-refractivity contribution in [2.24, 2.45) is 0 Å². The molecule has 5 heteroatoms. The van der Waals surface area contributed by atoms with Crippen LogP contribution < -0.4 is 10.2 Å². The minimum Gasteiger partial charge on any atom is -0.388 e. The number of ether oxygens (including phenoxy) is 1. The molecule has 0 bridgehead atoms. The van der Waals surface area contributed by atoms with E-state index in [4.69, 9.17) is 4.74 Å². The van der Waals surface area contributed by atoms with E-state index >= 15 is 0 Å². The van der Waals surface area contributed by atoms with Crippen molar-refractivity contribution in [2.75, 3.05) is 31.7 Å². The van der Waals surface area contributed by atoms with Crippen molar-refractivity contribution < 1.29 is 14.6 Å². The quantitative estimate of drug-likeness (QED) is 0.865. The number of amides is 1. The number of hydrogen-bond acceptors (Lipinski definition) is 4. The van der Waals surface area contributed by atoms with Crippen LogP contribution >= 0.6 is 0 Å². The predicted octanol–water partition coefficient (Wildman–Crippen LogP) is 1.08. The van der Waals surface area contributed by atoms with Crippen molar-refractivity contribution in [3.8, 4) is 0 Å². The summed E-state index contributed by atoms with van der Waals surface area (Å²) in [5.74, 6) is -0.0644. The molecule has 2 rings (SSSR count). The predicted molar refractivity (Wildman–Crippen MR) is 77.7 cm³/mol. The third-order valence-corrected chi connectivity index (χ3v) is 3.67. The molecule has 0 aromatic heterocycles. The van der Waals surface area contributed by atoms with Gasteiger partial charge in [0.2, 0.25) is 5.91 Å². The zero-order valence-corrected chi connectivity index (χ0v) is 12.0. The molecule has 0 aliphatic carbocycles. The molecule has 1 aromatic carbocycles. The Balaban J connectivity index is 2.35. The maximum absolute atomic E-state index is 12.0. The second-order valence-electron chi connectivity index (χ2n) is 4.88. The number of anilines is 1. The molecule has 1 aliphatic heterocycles. The smallest absolute Gasteiger partial charge is 0.244 e. The minimum absolute atomic E-state index is 0.0644. The van der Waals surface area contributed by atoms with Gasteiger partial charge in [0.05, 0.1) is 19.3 Å². The van der Waals surface area contributed by atoms with Gasteiger partial charge in [0.15, 0.2) is 0 Å². The number of morpholine rings is 1. The van der Waals surface area contributed by atoms with E-state index in [9.17, 15) is 9.90 Å². The van der Waals surface area contributed by atoms with Crippen LogP contribution in [0.25, 0.3) is 0 Å². The lowest BCUT2D eigenvalue weighted by Crippen LogP contribution is -2.53. The SMILES string of the molecule is CC[C@H](O)c1ccccc1N1CCOCC1C(=O)NC. The van der Waals surface area contributed by atoms with E-state index in [1.807, 2.05) is 36.1 Å². The van der Waals surface area contributed by atoms with Gasteiger partial charge in [-0.05, 0) is 12.5 Å². The Hall–Kier alpha value is -1.59. The number of likely N-dealkylation sites (N-methyl/N-ethyl adjacent to an activating group) is 1. The average molecular weight is 278 g/mol. The van der Waals surface area contributed by atoms with E-state index in [0.29, 0.717) is 26.2 Å². The van der Waals surface area contributed by atoms with Gasteiger partial charge in [0.1, 0.15) is 6.04 Å². The fourth-order valence-corrected chi connectivity index (χ4v) is 2.53. The van der Waals surface area contributed by atoms with Gasteiger partial charge < -0.3 is 20.1 Å². The second kappa shape index (κ2) is 6.72. The second-order valence-corrected chi connectivity index (χ2v) is 4.88. The van der Waals surface area contributed by atoms with E-state index in [1.54, 1.807) is 7.05 Å². The summed E-state index contributed by atoms with van der Waals surface area (Å²) in [7, 11) is 1.63. The maximum Gasteiger partial charge on any atom is 0.244 e. The lowest BCUT2D eigenvalue weighted by molar-refractivity contribution is -0.124. The molecule has 0 spiro atoms. The molecule has 1 unspecified atom stereocenters. The van der Waals surface area contributed by atoms with Crippen molar-refractivity contribution in [3.05, 3.63) is 29.8 Å². The van der Waals surface area contributed by atoms with Gasteiger partial charge in [-0.15, -0.1) is 0 Å². The highest BCUT2D eigenvalue weighted by Crippen LogP contribution is 2.30. The van der Waals surface area contributed by atoms with E-state index in [2.05, 4.69) is 5.32 Å². The first-order chi connectivity index (χ1) is 9.69. The van der Waals surface area contributed by atoms with Gasteiger partial charge in [0.25, 0.3) is 0 Å². The summed E-state index contributed by atoms with van der Waals surface area (Å²) in [6.07, 6.45) is 0.130. The number of aliphatic hydroxyl groups is 1. The van der Waals surface area contributed by atoms with Crippen LogP contribution in [0.3, 0.4) is 0 Å². The molecule has 1 heterocycles. The standard InChI is InChI=1S/C15H22N2O3/c1-3-14(18)11-6-4-5-7-12(11)17-8-9-20-10-13(17)15(19)16-2/h4-7,13-14,18H,3,8-10H2,1-2H3,(H,16,19)/t13?,14-/m0/s1. The molecule has 0 saturated carbocycles. The van der Waals surface area contributed by atoms with Gasteiger partial charge in [-0.2, -0.15) is 0 Å². The zero-order valence-electron chi connectivity index (χ0n) is 12.0. The summed E-state index contributed by atoms with van der Waals surface area (Å²) in [6.45, 7) is 3.54. The Morgan fingerprint density at radius 1 is 1.55 bits per heavy atom. The summed E-state index contributed by atoms with van der Waals surface area (Å²) < 4.78 is 5.42. The summed E-state index contributed by atoms with van der Waals surface area (Å²) in [6, 6.07) is 7.36. The van der Waals surface area contributed by atoms with Crippen molar-refractivity contribution in [1.29, 1.82) is 0 Å². The first-order valence-electron chi connectivity index (χ1n) is 7.02. The van der Waals surface area contributed by atoms with Gasteiger partial charge in [0, 0.05) is 24.8 Å². The molecule has 2 N–H and O–H groups in total. The molecular weight excluding hydrogens is 256 g/mol. The molecule has 2 atom stereocenters. The number of nitrogens with one attached hydrogen (secondary N) is 1. The van der Waals surface area contributed by atoms with Crippen LogP contribution in [0.4, 0.5) is 5.69 Å². The minimum atomic E-state index is -0.514. The molecule has 1 aromatic rings. The first kappa shape index (κ1) is 14.8. The number of hydrogen-bond donors (Lipinski definition) is 2. The third kappa shape index (κ3) is 2.94. The highest BCUT2D eigenvalue weighted by atomic mass is 16.5. The van der Waals surface area contributed by atoms with E-state index in [-0.39, 0.29) is 11.9 Å². The lowest BCUT2D eigenvalue weighted by Gasteiger charge is -2.37. The Bertz CT molecular complexity index is 464. The number of aliphatic hydroxyl groups excluding tert-OH is 1. The number of benzene rings is 1. The number of nitrogens with zero attached hydrogens (tertiary/aromatic N) is 1. The van der Waals surface area contributed by atoms with Gasteiger partial charge >= 0.3 is 0 Å². The number of rotatable bonds is 4. The number of carbonyl (C=O) groups is 1. The lowest BCUT2D eigenvalue weighted by atomic mass is 10.0. The van der Waals surface area contributed by atoms with Crippen LogP contribution in [0.1, 0.15) is 25.0 Å². The highest BCUT2D eigenvalue weighted by Gasteiger charge is 2.30. The monoisotopic (exact) mass is 278 g/mol. The summed E-state index contributed by atoms with van der Waals surface area (Å²) >= 11 is 0. The van der Waals surface area contributed by atoms with Crippen LogP contribution in [0.2, 0.25) is 0 Å². The van der Waals surface area contributed by atoms with Gasteiger partial charge in [-0.3, -0.25) is 4.79 Å². The Morgan fingerprint density at radius 3 is 3.00 bits per heavy atom. The van der Waals surface area contributed by atoms with Gasteiger partial charge in [-0.25, -0.2) is 0 Å². The highest BCUT2D eigenvalue weighted by molar-refractivity contribution is 5.85. The fourth-order valence-electron chi connectivity index (χ4n) is 2.53. The molecule has 110 valence electrons. The Morgan fingerprint density at radius 2 is 2.30 bits per heavy atom. The summed E-state index contributed by atoms with van der Waals surface area (Å²) in [4.78, 5) is 14.0. The van der Waals surface area contributed by atoms with E-state index in [1.165, 1.54) is 0 Å². The fraction of sp³-hybridized carbons (Fsp3) is 0.533. The topological polar surface area (TPSA) is 61.8 Å². The molecule has 1 fully saturated rings. The molecule has 1 amide bonds. The largest absolute Gasteiger partial charge is 0.388 e. The molecule has 1 aliphatic rings. The summed E-state index contributed by atoms with van der Waals surface area (Å²) in [5, 5.41) is 12.8.